The highest BCUT2D eigenvalue weighted by atomic mass is 16.7. The topological polar surface area (TPSA) is 59.1 Å². The van der Waals surface area contributed by atoms with Crippen LogP contribution >= 0.6 is 0 Å². The number of carbonyl (C=O) groups is 2. The Kier molecular flexibility index (Phi) is 5.71. The minimum absolute atomic E-state index is 0.260. The number of anilines is 2. The molecule has 6 heteroatoms. The van der Waals surface area contributed by atoms with Gasteiger partial charge in [-0.1, -0.05) is 78.9 Å². The number of ether oxygens (including phenoxy) is 1. The Morgan fingerprint density at radius 3 is 1.89 bits per heavy atom. The van der Waals surface area contributed by atoms with Crippen molar-refractivity contribution in [3.63, 3.8) is 0 Å². The predicted molar refractivity (Wildman–Crippen MR) is 136 cm³/mol. The average Bonchev–Trinajstić information content (AvgIpc) is 3.45. The summed E-state index contributed by atoms with van der Waals surface area (Å²) in [4.78, 5) is 34.5. The summed E-state index contributed by atoms with van der Waals surface area (Å²) in [5.74, 6) is -0.551. The molecule has 0 spiro atoms. The molecule has 2 fully saturated rings. The zero-order valence-electron chi connectivity index (χ0n) is 19.4. The Hall–Kier alpha value is -4.42. The van der Waals surface area contributed by atoms with Gasteiger partial charge in [-0.15, -0.1) is 0 Å². The molecule has 0 bridgehead atoms. The number of fused-ring (bicyclic) bond motifs is 1. The van der Waals surface area contributed by atoms with Crippen molar-refractivity contribution in [2.24, 2.45) is 5.92 Å². The molecule has 4 aromatic carbocycles. The maximum Gasteiger partial charge on any atom is 0.266 e. The third-order valence-electron chi connectivity index (χ3n) is 6.61. The highest BCUT2D eigenvalue weighted by Gasteiger charge is 2.60. The molecule has 0 aliphatic carbocycles. The Bertz CT molecular complexity index is 1360. The Labute approximate surface area is 209 Å². The second kappa shape index (κ2) is 9.32. The van der Waals surface area contributed by atoms with Gasteiger partial charge in [0.25, 0.3) is 5.91 Å². The van der Waals surface area contributed by atoms with E-state index in [4.69, 9.17) is 9.57 Å². The number of rotatable bonds is 6. The third-order valence-corrected chi connectivity index (χ3v) is 6.61. The molecule has 0 unspecified atom stereocenters. The van der Waals surface area contributed by atoms with E-state index in [1.165, 1.54) is 4.90 Å². The monoisotopic (exact) mass is 476 g/mol. The molecule has 0 N–H and O–H groups in total. The largest absolute Gasteiger partial charge is 0.489 e. The fraction of sp³-hybridized carbons (Fsp3) is 0.133. The van der Waals surface area contributed by atoms with Crippen LogP contribution in [-0.2, 0) is 21.0 Å². The number of benzene rings is 4. The van der Waals surface area contributed by atoms with E-state index < -0.39 is 18.1 Å². The Balaban J connectivity index is 1.31. The highest BCUT2D eigenvalue weighted by molar-refractivity contribution is 6.23. The minimum Gasteiger partial charge on any atom is -0.489 e. The van der Waals surface area contributed by atoms with Gasteiger partial charge in [0.05, 0.1) is 17.4 Å². The van der Waals surface area contributed by atoms with Crippen molar-refractivity contribution in [3.8, 4) is 5.75 Å². The van der Waals surface area contributed by atoms with Crippen LogP contribution < -0.4 is 14.7 Å². The van der Waals surface area contributed by atoms with Gasteiger partial charge in [-0.3, -0.25) is 14.4 Å². The molecule has 178 valence electrons. The van der Waals surface area contributed by atoms with E-state index in [0.717, 1.165) is 22.6 Å². The van der Waals surface area contributed by atoms with Gasteiger partial charge in [0, 0.05) is 0 Å². The molecular formula is C30H24N2O4. The Morgan fingerprint density at radius 1 is 0.667 bits per heavy atom. The summed E-state index contributed by atoms with van der Waals surface area (Å²) in [7, 11) is 0. The van der Waals surface area contributed by atoms with E-state index in [-0.39, 0.29) is 11.8 Å². The van der Waals surface area contributed by atoms with E-state index in [1.54, 1.807) is 17.2 Å². The lowest BCUT2D eigenvalue weighted by atomic mass is 9.90. The smallest absolute Gasteiger partial charge is 0.266 e. The predicted octanol–water partition coefficient (Wildman–Crippen LogP) is 5.32. The summed E-state index contributed by atoms with van der Waals surface area (Å²) in [6, 6.07) is 35.7. The maximum atomic E-state index is 13.7. The van der Waals surface area contributed by atoms with Gasteiger partial charge in [0.2, 0.25) is 5.91 Å². The fourth-order valence-corrected chi connectivity index (χ4v) is 4.89. The van der Waals surface area contributed by atoms with Crippen molar-refractivity contribution in [3.05, 3.63) is 126 Å². The van der Waals surface area contributed by atoms with Crippen LogP contribution in [0.1, 0.15) is 17.2 Å². The van der Waals surface area contributed by atoms with Gasteiger partial charge in [0.15, 0.2) is 6.10 Å². The van der Waals surface area contributed by atoms with Crippen LogP contribution in [0.5, 0.6) is 5.75 Å². The molecule has 6 nitrogen and oxygen atoms in total. The summed E-state index contributed by atoms with van der Waals surface area (Å²) < 4.78 is 5.95. The standard InChI is InChI=1S/C30H24N2O4/c33-29-26-27(22-16-18-25(19-17-22)35-20-21-10-4-1-5-11-21)32(24-14-8-3-9-15-24)36-28(26)30(34)31(29)23-12-6-2-7-13-23/h1-19,26-28H,20H2/t26-,27+,28+/m1/s1. The molecule has 4 aromatic rings. The molecular weight excluding hydrogens is 452 g/mol. The van der Waals surface area contributed by atoms with Crippen LogP contribution in [0.15, 0.2) is 115 Å². The number of carbonyl (C=O) groups excluding carboxylic acids is 2. The molecule has 0 saturated carbocycles. The van der Waals surface area contributed by atoms with Crippen LogP contribution in [0.3, 0.4) is 0 Å². The van der Waals surface area contributed by atoms with E-state index in [9.17, 15) is 9.59 Å². The van der Waals surface area contributed by atoms with E-state index in [2.05, 4.69) is 0 Å². The van der Waals surface area contributed by atoms with Crippen LogP contribution in [0.2, 0.25) is 0 Å². The SMILES string of the molecule is O=C1[C@H]2[C@H](ON(c3ccccc3)[C@H]2c2ccc(OCc3ccccc3)cc2)C(=O)N1c1ccccc1. The molecule has 2 saturated heterocycles. The first-order chi connectivity index (χ1) is 17.7. The van der Waals surface area contributed by atoms with Gasteiger partial charge < -0.3 is 4.74 Å². The van der Waals surface area contributed by atoms with Gasteiger partial charge in [-0.05, 0) is 47.5 Å². The van der Waals surface area contributed by atoms with Gasteiger partial charge in [-0.2, -0.15) is 0 Å². The van der Waals surface area contributed by atoms with Crippen LogP contribution in [0, 0.1) is 5.92 Å². The zero-order chi connectivity index (χ0) is 24.5. The first-order valence-corrected chi connectivity index (χ1v) is 11.9. The van der Waals surface area contributed by atoms with E-state index in [0.29, 0.717) is 12.3 Å². The molecule has 2 aliphatic heterocycles. The average molecular weight is 477 g/mol. The number of imide groups is 1. The number of amides is 2. The van der Waals surface area contributed by atoms with Crippen molar-refractivity contribution >= 4 is 23.2 Å². The summed E-state index contributed by atoms with van der Waals surface area (Å²) in [6.07, 6.45) is -0.892. The summed E-state index contributed by atoms with van der Waals surface area (Å²) in [6.45, 7) is 0.465. The number of hydrogen-bond acceptors (Lipinski definition) is 5. The van der Waals surface area contributed by atoms with E-state index in [1.807, 2.05) is 103 Å². The summed E-state index contributed by atoms with van der Waals surface area (Å²) in [5.41, 5.74) is 3.29. The zero-order valence-corrected chi connectivity index (χ0v) is 19.4. The fourth-order valence-electron chi connectivity index (χ4n) is 4.89. The number of hydrogen-bond donors (Lipinski definition) is 0. The molecule has 2 heterocycles. The first-order valence-electron chi connectivity index (χ1n) is 11.9. The normalized spacial score (nSPS) is 21.1. The molecule has 0 aromatic heterocycles. The third kappa shape index (κ3) is 3.91. The summed E-state index contributed by atoms with van der Waals surface area (Å²) >= 11 is 0. The molecule has 2 amide bonds. The van der Waals surface area contributed by atoms with Crippen molar-refractivity contribution in [1.82, 2.24) is 0 Å². The van der Waals surface area contributed by atoms with Gasteiger partial charge in [-0.25, -0.2) is 9.96 Å². The maximum absolute atomic E-state index is 13.7. The Morgan fingerprint density at radius 2 is 1.25 bits per heavy atom. The van der Waals surface area contributed by atoms with Crippen molar-refractivity contribution in [2.45, 2.75) is 18.8 Å². The molecule has 6 rings (SSSR count). The quantitative estimate of drug-likeness (QED) is 0.353. The van der Waals surface area contributed by atoms with Crippen molar-refractivity contribution in [1.29, 1.82) is 0 Å². The van der Waals surface area contributed by atoms with Gasteiger partial charge in [0.1, 0.15) is 18.3 Å². The van der Waals surface area contributed by atoms with E-state index >= 15 is 0 Å². The second-order valence-corrected chi connectivity index (χ2v) is 8.85. The second-order valence-electron chi connectivity index (χ2n) is 8.85. The summed E-state index contributed by atoms with van der Waals surface area (Å²) in [5, 5.41) is 1.70. The lowest BCUT2D eigenvalue weighted by Crippen LogP contribution is -2.37. The minimum atomic E-state index is -0.892. The van der Waals surface area contributed by atoms with Crippen LogP contribution in [0.25, 0.3) is 0 Å². The lowest BCUT2D eigenvalue weighted by molar-refractivity contribution is -0.126. The lowest BCUT2D eigenvalue weighted by Gasteiger charge is -2.28. The number of nitrogens with zero attached hydrogens (tertiary/aromatic N) is 2. The van der Waals surface area contributed by atoms with Crippen LogP contribution in [0.4, 0.5) is 11.4 Å². The van der Waals surface area contributed by atoms with Crippen LogP contribution in [-0.4, -0.2) is 17.9 Å². The number of hydroxylamine groups is 1. The van der Waals surface area contributed by atoms with Crippen molar-refractivity contribution < 1.29 is 19.2 Å². The number of para-hydroxylation sites is 2. The van der Waals surface area contributed by atoms with Crippen molar-refractivity contribution in [2.75, 3.05) is 9.96 Å². The molecule has 2 aliphatic rings. The molecule has 0 radical (unpaired) electrons. The molecule has 3 atom stereocenters. The van der Waals surface area contributed by atoms with Gasteiger partial charge >= 0.3 is 0 Å². The molecule has 36 heavy (non-hydrogen) atoms. The highest BCUT2D eigenvalue weighted by Crippen LogP contribution is 2.47. The first kappa shape index (κ1) is 22.1.